The minimum atomic E-state index is -0.360. The van der Waals surface area contributed by atoms with Crippen LogP contribution in [0.15, 0.2) is 46.9 Å². The molecule has 0 unspecified atom stereocenters. The molecule has 4 heteroatoms. The summed E-state index contributed by atoms with van der Waals surface area (Å²) in [6.45, 7) is 0.182. The van der Waals surface area contributed by atoms with Gasteiger partial charge < -0.3 is 4.74 Å². The van der Waals surface area contributed by atoms with Gasteiger partial charge in [0.1, 0.15) is 24.0 Å². The van der Waals surface area contributed by atoms with Crippen molar-refractivity contribution in [3.63, 3.8) is 0 Å². The van der Waals surface area contributed by atoms with Crippen LogP contribution in [0.2, 0.25) is 0 Å². The Morgan fingerprint density at radius 2 is 1.82 bits per heavy atom. The summed E-state index contributed by atoms with van der Waals surface area (Å²) in [7, 11) is 0. The van der Waals surface area contributed by atoms with Gasteiger partial charge in [-0.15, -0.1) is 0 Å². The van der Waals surface area contributed by atoms with Gasteiger partial charge in [-0.2, -0.15) is 0 Å². The molecule has 0 aromatic heterocycles. The lowest BCUT2D eigenvalue weighted by Crippen LogP contribution is -1.97. The molecule has 0 fully saturated rings. The first kappa shape index (κ1) is 12.0. The van der Waals surface area contributed by atoms with Gasteiger partial charge >= 0.3 is 0 Å². The van der Waals surface area contributed by atoms with Crippen molar-refractivity contribution in [3.8, 4) is 5.75 Å². The highest BCUT2D eigenvalue weighted by Crippen LogP contribution is 2.22. The van der Waals surface area contributed by atoms with Crippen LogP contribution in [-0.4, -0.2) is 0 Å². The minimum absolute atomic E-state index is 0.182. The lowest BCUT2D eigenvalue weighted by atomic mass is 10.2. The van der Waals surface area contributed by atoms with Crippen LogP contribution in [0.5, 0.6) is 5.75 Å². The molecule has 88 valence electrons. The van der Waals surface area contributed by atoms with E-state index in [-0.39, 0.29) is 18.2 Å². The Bertz CT molecular complexity index is 529. The Morgan fingerprint density at radius 3 is 2.59 bits per heavy atom. The maximum Gasteiger partial charge on any atom is 0.137 e. The zero-order chi connectivity index (χ0) is 12.3. The van der Waals surface area contributed by atoms with E-state index in [0.29, 0.717) is 15.8 Å². The third-order valence-corrected chi connectivity index (χ3v) is 3.11. The molecule has 0 spiro atoms. The number of rotatable bonds is 3. The Labute approximate surface area is 106 Å². The third-order valence-electron chi connectivity index (χ3n) is 2.22. The molecular weight excluding hydrogens is 290 g/mol. The van der Waals surface area contributed by atoms with Crippen molar-refractivity contribution in [1.29, 1.82) is 0 Å². The molecular formula is C13H9BrF2O. The van der Waals surface area contributed by atoms with Crippen molar-refractivity contribution < 1.29 is 13.5 Å². The van der Waals surface area contributed by atoms with Crippen LogP contribution in [0, 0.1) is 11.6 Å². The second-order valence-corrected chi connectivity index (χ2v) is 4.25. The molecule has 0 N–H and O–H groups in total. The molecule has 0 saturated carbocycles. The molecule has 2 aromatic carbocycles. The lowest BCUT2D eigenvalue weighted by molar-refractivity contribution is 0.303. The van der Waals surface area contributed by atoms with Crippen LogP contribution in [0.4, 0.5) is 8.78 Å². The van der Waals surface area contributed by atoms with E-state index in [2.05, 4.69) is 15.9 Å². The van der Waals surface area contributed by atoms with E-state index in [9.17, 15) is 8.78 Å². The molecule has 0 atom stereocenters. The maximum absolute atomic E-state index is 13.2. The number of ether oxygens (including phenoxy) is 1. The SMILES string of the molecule is Fc1cccc(OCc2cccc(F)c2Br)c1. The van der Waals surface area contributed by atoms with Crippen molar-refractivity contribution in [2.24, 2.45) is 0 Å². The first-order chi connectivity index (χ1) is 8.16. The average Bonchev–Trinajstić information content (AvgIpc) is 2.31. The first-order valence-corrected chi connectivity index (χ1v) is 5.77. The van der Waals surface area contributed by atoms with Gasteiger partial charge in [-0.3, -0.25) is 0 Å². The minimum Gasteiger partial charge on any atom is -0.489 e. The van der Waals surface area contributed by atoms with Crippen LogP contribution < -0.4 is 4.74 Å². The zero-order valence-corrected chi connectivity index (χ0v) is 10.4. The molecule has 1 nitrogen and oxygen atoms in total. The fourth-order valence-corrected chi connectivity index (χ4v) is 1.76. The first-order valence-electron chi connectivity index (χ1n) is 4.98. The molecule has 0 radical (unpaired) electrons. The van der Waals surface area contributed by atoms with E-state index in [1.807, 2.05) is 0 Å². The topological polar surface area (TPSA) is 9.23 Å². The monoisotopic (exact) mass is 298 g/mol. The Hall–Kier alpha value is -1.42. The summed E-state index contributed by atoms with van der Waals surface area (Å²) >= 11 is 3.14. The Morgan fingerprint density at radius 1 is 1.06 bits per heavy atom. The van der Waals surface area contributed by atoms with Gasteiger partial charge in [-0.1, -0.05) is 18.2 Å². The van der Waals surface area contributed by atoms with E-state index in [1.165, 1.54) is 18.2 Å². The van der Waals surface area contributed by atoms with Crippen molar-refractivity contribution in [3.05, 3.63) is 64.1 Å². The van der Waals surface area contributed by atoms with Crippen LogP contribution in [0.25, 0.3) is 0 Å². The van der Waals surface area contributed by atoms with E-state index >= 15 is 0 Å². The quantitative estimate of drug-likeness (QED) is 0.820. The average molecular weight is 299 g/mol. The second kappa shape index (κ2) is 5.27. The van der Waals surface area contributed by atoms with Gasteiger partial charge in [0.25, 0.3) is 0 Å². The second-order valence-electron chi connectivity index (χ2n) is 3.46. The summed E-state index contributed by atoms with van der Waals surface area (Å²) in [4.78, 5) is 0. The van der Waals surface area contributed by atoms with Crippen LogP contribution in [0.1, 0.15) is 5.56 Å². The van der Waals surface area contributed by atoms with Crippen molar-refractivity contribution in [2.75, 3.05) is 0 Å². The predicted molar refractivity (Wildman–Crippen MR) is 64.8 cm³/mol. The molecule has 0 saturated heterocycles. The van der Waals surface area contributed by atoms with Gasteiger partial charge in [-0.25, -0.2) is 8.78 Å². The molecule has 0 bridgehead atoms. The van der Waals surface area contributed by atoms with Crippen LogP contribution in [0.3, 0.4) is 0 Å². The van der Waals surface area contributed by atoms with E-state index in [0.717, 1.165) is 0 Å². The molecule has 0 aliphatic rings. The van der Waals surface area contributed by atoms with E-state index < -0.39 is 0 Å². The van der Waals surface area contributed by atoms with Crippen LogP contribution >= 0.6 is 15.9 Å². The summed E-state index contributed by atoms with van der Waals surface area (Å²) in [5.41, 5.74) is 0.675. The van der Waals surface area contributed by atoms with Gasteiger partial charge in [-0.05, 0) is 34.1 Å². The fourth-order valence-electron chi connectivity index (χ4n) is 1.38. The fraction of sp³-hybridized carbons (Fsp3) is 0.0769. The summed E-state index contributed by atoms with van der Waals surface area (Å²) < 4.78 is 31.8. The molecule has 0 aliphatic heterocycles. The summed E-state index contributed by atoms with van der Waals surface area (Å²) in [5.74, 6) is -0.285. The Kier molecular flexibility index (Phi) is 3.74. The normalized spacial score (nSPS) is 10.3. The van der Waals surface area contributed by atoms with Crippen molar-refractivity contribution in [2.45, 2.75) is 6.61 Å². The number of hydrogen-bond acceptors (Lipinski definition) is 1. The predicted octanol–water partition coefficient (Wildman–Crippen LogP) is 4.31. The number of halogens is 3. The highest BCUT2D eigenvalue weighted by molar-refractivity contribution is 9.10. The van der Waals surface area contributed by atoms with Gasteiger partial charge in [0.05, 0.1) is 4.47 Å². The largest absolute Gasteiger partial charge is 0.489 e. The zero-order valence-electron chi connectivity index (χ0n) is 8.79. The number of benzene rings is 2. The van der Waals surface area contributed by atoms with E-state index in [1.54, 1.807) is 24.3 Å². The van der Waals surface area contributed by atoms with Gasteiger partial charge in [0.2, 0.25) is 0 Å². The van der Waals surface area contributed by atoms with Gasteiger partial charge in [0, 0.05) is 11.6 Å². The summed E-state index contributed by atoms with van der Waals surface area (Å²) in [6.07, 6.45) is 0. The molecule has 0 amide bonds. The molecule has 2 aromatic rings. The summed E-state index contributed by atoms with van der Waals surface area (Å²) in [6, 6.07) is 10.5. The maximum atomic E-state index is 13.2. The van der Waals surface area contributed by atoms with E-state index in [4.69, 9.17) is 4.74 Å². The lowest BCUT2D eigenvalue weighted by Gasteiger charge is -2.08. The van der Waals surface area contributed by atoms with Gasteiger partial charge in [0.15, 0.2) is 0 Å². The molecule has 0 aliphatic carbocycles. The standard InChI is InChI=1S/C13H9BrF2O/c14-13-9(3-1-6-12(13)16)8-17-11-5-2-4-10(15)7-11/h1-7H,8H2. The molecule has 17 heavy (non-hydrogen) atoms. The highest BCUT2D eigenvalue weighted by atomic mass is 79.9. The van der Waals surface area contributed by atoms with Crippen molar-refractivity contribution >= 4 is 15.9 Å². The summed E-state index contributed by atoms with van der Waals surface area (Å²) in [5, 5.41) is 0. The highest BCUT2D eigenvalue weighted by Gasteiger charge is 2.05. The molecule has 0 heterocycles. The third kappa shape index (κ3) is 3.03. The van der Waals surface area contributed by atoms with Crippen LogP contribution in [-0.2, 0) is 6.61 Å². The molecule has 2 rings (SSSR count). The number of hydrogen-bond donors (Lipinski definition) is 0. The van der Waals surface area contributed by atoms with Crippen molar-refractivity contribution in [1.82, 2.24) is 0 Å². The Balaban J connectivity index is 2.10. The smallest absolute Gasteiger partial charge is 0.137 e.